The molecule has 1 amide bonds. The molecule has 0 aliphatic carbocycles. The fourth-order valence-electron chi connectivity index (χ4n) is 2.45. The number of carboxylic acid groups (broad SMARTS) is 1. The minimum absolute atomic E-state index is 0.00597. The number of aromatic amines is 1. The highest BCUT2D eigenvalue weighted by Gasteiger charge is 2.32. The van der Waals surface area contributed by atoms with Crippen LogP contribution in [0.2, 0.25) is 0 Å². The van der Waals surface area contributed by atoms with Gasteiger partial charge < -0.3 is 14.5 Å². The van der Waals surface area contributed by atoms with E-state index >= 15 is 0 Å². The Morgan fingerprint density at radius 3 is 3.00 bits per heavy atom. The van der Waals surface area contributed by atoms with Gasteiger partial charge in [-0.3, -0.25) is 4.79 Å². The summed E-state index contributed by atoms with van der Waals surface area (Å²) in [4.78, 5) is 23.5. The normalized spacial score (nSPS) is 24.9. The number of amides is 1. The molecule has 2 heterocycles. The first-order chi connectivity index (χ1) is 8.11. The lowest BCUT2D eigenvalue weighted by atomic mass is 9.88. The summed E-state index contributed by atoms with van der Waals surface area (Å²) in [6.07, 6.45) is 1.32. The summed E-state index contributed by atoms with van der Waals surface area (Å²) in [6, 6.07) is 1.46. The van der Waals surface area contributed by atoms with Crippen LogP contribution >= 0.6 is 0 Å². The van der Waals surface area contributed by atoms with Crippen molar-refractivity contribution in [3.63, 3.8) is 0 Å². The third kappa shape index (κ3) is 2.35. The average Bonchev–Trinajstić information content (AvgIpc) is 2.75. The van der Waals surface area contributed by atoms with Crippen molar-refractivity contribution >= 4 is 6.09 Å². The van der Waals surface area contributed by atoms with E-state index in [4.69, 9.17) is 9.63 Å². The molecule has 1 aromatic heterocycles. The van der Waals surface area contributed by atoms with Crippen molar-refractivity contribution in [1.82, 2.24) is 10.1 Å². The number of nitrogens with zero attached hydrogens (tertiary/aromatic N) is 1. The van der Waals surface area contributed by atoms with Crippen molar-refractivity contribution in [2.45, 2.75) is 38.1 Å². The molecule has 2 rings (SSSR count). The Balaban J connectivity index is 2.10. The summed E-state index contributed by atoms with van der Waals surface area (Å²) < 4.78 is 5.09. The first-order valence-corrected chi connectivity index (χ1v) is 5.79. The summed E-state index contributed by atoms with van der Waals surface area (Å²) in [6.45, 7) is 2.46. The molecule has 17 heavy (non-hydrogen) atoms. The Bertz CT molecular complexity index is 450. The molecule has 2 unspecified atom stereocenters. The quantitative estimate of drug-likeness (QED) is 0.822. The Morgan fingerprint density at radius 1 is 1.71 bits per heavy atom. The molecule has 94 valence electrons. The van der Waals surface area contributed by atoms with Crippen LogP contribution in [0.3, 0.4) is 0 Å². The van der Waals surface area contributed by atoms with E-state index in [1.165, 1.54) is 11.0 Å². The first-order valence-electron chi connectivity index (χ1n) is 5.79. The zero-order chi connectivity index (χ0) is 12.4. The van der Waals surface area contributed by atoms with E-state index in [9.17, 15) is 9.59 Å². The lowest BCUT2D eigenvalue weighted by Crippen LogP contribution is -2.44. The van der Waals surface area contributed by atoms with Gasteiger partial charge in [-0.15, -0.1) is 0 Å². The maximum Gasteiger partial charge on any atom is 0.407 e. The highest BCUT2D eigenvalue weighted by Crippen LogP contribution is 2.32. The minimum atomic E-state index is -0.870. The standard InChI is InChI=1S/C11H16N2O4/c1-2-8-5-7(3-4-13(8)11(15)16)9-6-10(14)12-17-9/h6-8H,2-5H2,1H3,(H,12,14)(H,15,16). The molecule has 6 nitrogen and oxygen atoms in total. The average molecular weight is 240 g/mol. The van der Waals surface area contributed by atoms with Crippen molar-refractivity contribution < 1.29 is 14.4 Å². The van der Waals surface area contributed by atoms with E-state index in [0.717, 1.165) is 6.42 Å². The summed E-state index contributed by atoms with van der Waals surface area (Å²) in [5.41, 5.74) is -0.242. The lowest BCUT2D eigenvalue weighted by Gasteiger charge is -2.36. The van der Waals surface area contributed by atoms with E-state index in [1.807, 2.05) is 6.92 Å². The van der Waals surface area contributed by atoms with Crippen LogP contribution in [0.25, 0.3) is 0 Å². The van der Waals surface area contributed by atoms with Crippen LogP contribution in [0.5, 0.6) is 0 Å². The SMILES string of the molecule is CCC1CC(c2cc(=O)[nH]o2)CCN1C(=O)O. The summed E-state index contributed by atoms with van der Waals surface area (Å²) >= 11 is 0. The number of carbonyl (C=O) groups is 1. The smallest absolute Gasteiger partial charge is 0.407 e. The molecule has 0 spiro atoms. The van der Waals surface area contributed by atoms with Crippen LogP contribution < -0.4 is 5.56 Å². The van der Waals surface area contributed by atoms with Crippen LogP contribution in [0, 0.1) is 0 Å². The van der Waals surface area contributed by atoms with E-state index < -0.39 is 6.09 Å². The summed E-state index contributed by atoms with van der Waals surface area (Å²) in [7, 11) is 0. The maximum absolute atomic E-state index is 11.0. The molecule has 2 N–H and O–H groups in total. The number of hydrogen-bond donors (Lipinski definition) is 2. The van der Waals surface area contributed by atoms with E-state index in [-0.39, 0.29) is 17.5 Å². The van der Waals surface area contributed by atoms with Crippen LogP contribution in [0.1, 0.15) is 37.9 Å². The van der Waals surface area contributed by atoms with Crippen LogP contribution in [-0.4, -0.2) is 33.8 Å². The molecule has 1 aliphatic rings. The number of nitrogens with one attached hydrogen (secondary N) is 1. The Kier molecular flexibility index (Phi) is 3.21. The lowest BCUT2D eigenvalue weighted by molar-refractivity contribution is 0.0953. The number of hydrogen-bond acceptors (Lipinski definition) is 3. The molecule has 2 atom stereocenters. The summed E-state index contributed by atoms with van der Waals surface area (Å²) in [5, 5.41) is 11.3. The molecule has 0 saturated carbocycles. The Labute approximate surface area is 98.2 Å². The number of H-pyrrole nitrogens is 1. The molecular formula is C11H16N2O4. The highest BCUT2D eigenvalue weighted by atomic mass is 16.5. The summed E-state index contributed by atoms with van der Waals surface area (Å²) in [5.74, 6) is 0.771. The van der Waals surface area contributed by atoms with Crippen LogP contribution in [0.4, 0.5) is 4.79 Å². The van der Waals surface area contributed by atoms with E-state index in [0.29, 0.717) is 25.1 Å². The zero-order valence-electron chi connectivity index (χ0n) is 9.68. The van der Waals surface area contributed by atoms with Gasteiger partial charge in [0, 0.05) is 24.6 Å². The predicted molar refractivity (Wildman–Crippen MR) is 60.1 cm³/mol. The van der Waals surface area contributed by atoms with Crippen molar-refractivity contribution in [2.75, 3.05) is 6.54 Å². The molecule has 1 saturated heterocycles. The van der Waals surface area contributed by atoms with Crippen molar-refractivity contribution in [3.05, 3.63) is 22.2 Å². The fourth-order valence-corrected chi connectivity index (χ4v) is 2.45. The highest BCUT2D eigenvalue weighted by molar-refractivity contribution is 5.65. The van der Waals surface area contributed by atoms with Gasteiger partial charge in [-0.1, -0.05) is 6.92 Å². The molecule has 0 radical (unpaired) electrons. The Hall–Kier alpha value is -1.72. The molecule has 1 fully saturated rings. The van der Waals surface area contributed by atoms with E-state index in [2.05, 4.69) is 5.16 Å². The van der Waals surface area contributed by atoms with E-state index in [1.54, 1.807) is 0 Å². The minimum Gasteiger partial charge on any atom is -0.465 e. The van der Waals surface area contributed by atoms with Gasteiger partial charge in [0.25, 0.3) is 5.56 Å². The van der Waals surface area contributed by atoms with Gasteiger partial charge in [-0.2, -0.15) is 5.16 Å². The number of likely N-dealkylation sites (tertiary alicyclic amines) is 1. The molecule has 0 aromatic carbocycles. The van der Waals surface area contributed by atoms with Gasteiger partial charge in [0.1, 0.15) is 5.76 Å². The third-order valence-electron chi connectivity index (χ3n) is 3.38. The topological polar surface area (TPSA) is 86.5 Å². The molecule has 1 aromatic rings. The van der Waals surface area contributed by atoms with Crippen molar-refractivity contribution in [3.8, 4) is 0 Å². The Morgan fingerprint density at radius 2 is 2.47 bits per heavy atom. The monoisotopic (exact) mass is 240 g/mol. The number of piperidine rings is 1. The van der Waals surface area contributed by atoms with Crippen molar-refractivity contribution in [1.29, 1.82) is 0 Å². The first kappa shape index (κ1) is 11.8. The maximum atomic E-state index is 11.0. The van der Waals surface area contributed by atoms with Gasteiger partial charge in [0.15, 0.2) is 0 Å². The second kappa shape index (κ2) is 4.65. The molecule has 1 aliphatic heterocycles. The van der Waals surface area contributed by atoms with Crippen molar-refractivity contribution in [2.24, 2.45) is 0 Å². The van der Waals surface area contributed by atoms with Crippen LogP contribution in [-0.2, 0) is 0 Å². The van der Waals surface area contributed by atoms with Gasteiger partial charge in [-0.25, -0.2) is 4.79 Å². The number of rotatable bonds is 2. The van der Waals surface area contributed by atoms with Crippen LogP contribution in [0.15, 0.2) is 15.4 Å². The van der Waals surface area contributed by atoms with Gasteiger partial charge >= 0.3 is 6.09 Å². The largest absolute Gasteiger partial charge is 0.465 e. The molecule has 6 heteroatoms. The second-order valence-electron chi connectivity index (χ2n) is 4.37. The molecule has 0 bridgehead atoms. The third-order valence-corrected chi connectivity index (χ3v) is 3.38. The van der Waals surface area contributed by atoms with Gasteiger partial charge in [-0.05, 0) is 19.3 Å². The fraction of sp³-hybridized carbons (Fsp3) is 0.636. The number of aromatic nitrogens is 1. The zero-order valence-corrected chi connectivity index (χ0v) is 9.68. The molecular weight excluding hydrogens is 224 g/mol. The van der Waals surface area contributed by atoms with Gasteiger partial charge in [0.2, 0.25) is 0 Å². The second-order valence-corrected chi connectivity index (χ2v) is 4.37. The van der Waals surface area contributed by atoms with Gasteiger partial charge in [0.05, 0.1) is 0 Å². The predicted octanol–water partition coefficient (Wildman–Crippen LogP) is 1.60.